The van der Waals surface area contributed by atoms with Crippen LogP contribution in [-0.4, -0.2) is 13.7 Å². The van der Waals surface area contributed by atoms with Gasteiger partial charge in [-0.05, 0) is 43.3 Å². The lowest BCUT2D eigenvalue weighted by molar-refractivity contribution is 0.186. The van der Waals surface area contributed by atoms with Crippen LogP contribution in [0.2, 0.25) is 0 Å². The van der Waals surface area contributed by atoms with Gasteiger partial charge in [0.1, 0.15) is 17.4 Å². The van der Waals surface area contributed by atoms with E-state index in [0.717, 1.165) is 23.8 Å². The van der Waals surface area contributed by atoms with Crippen molar-refractivity contribution in [1.82, 2.24) is 5.32 Å². The average Bonchev–Trinajstić information content (AvgIpc) is 2.51. The smallest absolute Gasteiger partial charge is 0.128 e. The molecule has 0 radical (unpaired) electrons. The molecule has 1 N–H and O–H groups in total. The van der Waals surface area contributed by atoms with E-state index >= 15 is 0 Å². The van der Waals surface area contributed by atoms with Crippen molar-refractivity contribution >= 4 is 0 Å². The van der Waals surface area contributed by atoms with Crippen LogP contribution in [-0.2, 0) is 6.42 Å². The van der Waals surface area contributed by atoms with Crippen molar-refractivity contribution in [3.63, 3.8) is 0 Å². The van der Waals surface area contributed by atoms with E-state index in [9.17, 15) is 8.78 Å². The fraction of sp³-hybridized carbons (Fsp3) is 0.294. The minimum Gasteiger partial charge on any atom is -0.493 e. The van der Waals surface area contributed by atoms with Gasteiger partial charge in [0.05, 0.1) is 6.61 Å². The van der Waals surface area contributed by atoms with Crippen LogP contribution < -0.4 is 10.1 Å². The molecule has 0 aromatic heterocycles. The minimum absolute atomic E-state index is 0.0567. The lowest BCUT2D eigenvalue weighted by Gasteiger charge is -2.32. The lowest BCUT2D eigenvalue weighted by atomic mass is 9.86. The number of rotatable bonds is 3. The molecule has 2 unspecified atom stereocenters. The van der Waals surface area contributed by atoms with Crippen molar-refractivity contribution in [2.45, 2.75) is 12.5 Å². The molecule has 2 nitrogen and oxygen atoms in total. The van der Waals surface area contributed by atoms with Crippen molar-refractivity contribution in [3.8, 4) is 5.75 Å². The number of benzene rings is 2. The van der Waals surface area contributed by atoms with Gasteiger partial charge in [0.25, 0.3) is 0 Å². The van der Waals surface area contributed by atoms with Crippen LogP contribution in [0, 0.1) is 17.6 Å². The molecular weight excluding hydrogens is 272 g/mol. The van der Waals surface area contributed by atoms with E-state index in [4.69, 9.17) is 4.74 Å². The fourth-order valence-corrected chi connectivity index (χ4v) is 2.96. The SMILES string of the molecule is CNC(c1cc(F)ccc1F)C1COc2ccccc2C1. The number of fused-ring (bicyclic) bond motifs is 1. The lowest BCUT2D eigenvalue weighted by Crippen LogP contribution is -2.34. The van der Waals surface area contributed by atoms with E-state index in [0.29, 0.717) is 12.2 Å². The van der Waals surface area contributed by atoms with Gasteiger partial charge in [0.2, 0.25) is 0 Å². The number of hydrogen-bond acceptors (Lipinski definition) is 2. The number of para-hydroxylation sites is 1. The van der Waals surface area contributed by atoms with Gasteiger partial charge in [0, 0.05) is 17.5 Å². The molecule has 1 heterocycles. The topological polar surface area (TPSA) is 21.3 Å². The zero-order chi connectivity index (χ0) is 14.8. The zero-order valence-corrected chi connectivity index (χ0v) is 11.8. The Kier molecular flexibility index (Phi) is 3.88. The summed E-state index contributed by atoms with van der Waals surface area (Å²) in [4.78, 5) is 0. The second-order valence-electron chi connectivity index (χ2n) is 5.32. The first-order valence-corrected chi connectivity index (χ1v) is 7.02. The van der Waals surface area contributed by atoms with Crippen molar-refractivity contribution in [3.05, 3.63) is 65.2 Å². The summed E-state index contributed by atoms with van der Waals surface area (Å²) >= 11 is 0. The maximum absolute atomic E-state index is 14.0. The van der Waals surface area contributed by atoms with Gasteiger partial charge in [-0.15, -0.1) is 0 Å². The standard InChI is InChI=1S/C17H17F2NO/c1-20-17(14-9-13(18)6-7-15(14)19)12-8-11-4-2-3-5-16(11)21-10-12/h2-7,9,12,17,20H,8,10H2,1H3. The first-order chi connectivity index (χ1) is 10.2. The van der Waals surface area contributed by atoms with E-state index in [1.807, 2.05) is 24.3 Å². The Morgan fingerprint density at radius 2 is 2.00 bits per heavy atom. The summed E-state index contributed by atoms with van der Waals surface area (Å²) in [5, 5.41) is 3.10. The molecule has 2 atom stereocenters. The maximum atomic E-state index is 14.0. The highest BCUT2D eigenvalue weighted by Gasteiger charge is 2.29. The summed E-state index contributed by atoms with van der Waals surface area (Å²) in [5.74, 6) is 0.114. The molecule has 2 aromatic rings. The fourth-order valence-electron chi connectivity index (χ4n) is 2.96. The number of hydrogen-bond donors (Lipinski definition) is 1. The van der Waals surface area contributed by atoms with Gasteiger partial charge >= 0.3 is 0 Å². The first kappa shape index (κ1) is 14.0. The molecule has 110 valence electrons. The van der Waals surface area contributed by atoms with E-state index in [2.05, 4.69) is 5.32 Å². The predicted molar refractivity (Wildman–Crippen MR) is 77.3 cm³/mol. The highest BCUT2D eigenvalue weighted by Crippen LogP contribution is 2.34. The summed E-state index contributed by atoms with van der Waals surface area (Å²) in [5.41, 5.74) is 1.45. The van der Waals surface area contributed by atoms with Crippen molar-refractivity contribution in [2.24, 2.45) is 5.92 Å². The second kappa shape index (κ2) is 5.82. The minimum atomic E-state index is -0.427. The van der Waals surface area contributed by atoms with Crippen LogP contribution in [0.5, 0.6) is 5.75 Å². The van der Waals surface area contributed by atoms with E-state index in [1.165, 1.54) is 12.1 Å². The summed E-state index contributed by atoms with van der Waals surface area (Å²) in [6, 6.07) is 11.1. The summed E-state index contributed by atoms with van der Waals surface area (Å²) in [7, 11) is 1.76. The van der Waals surface area contributed by atoms with Gasteiger partial charge in [-0.25, -0.2) is 8.78 Å². The van der Waals surface area contributed by atoms with Crippen molar-refractivity contribution in [1.29, 1.82) is 0 Å². The Morgan fingerprint density at radius 3 is 2.81 bits per heavy atom. The zero-order valence-electron chi connectivity index (χ0n) is 11.8. The molecule has 0 fully saturated rings. The number of nitrogens with one attached hydrogen (secondary N) is 1. The maximum Gasteiger partial charge on any atom is 0.128 e. The molecule has 4 heteroatoms. The molecule has 0 amide bonds. The summed E-state index contributed by atoms with van der Waals surface area (Å²) in [6.07, 6.45) is 0.775. The molecule has 0 saturated carbocycles. The van der Waals surface area contributed by atoms with E-state index in [1.54, 1.807) is 7.05 Å². The molecule has 0 saturated heterocycles. The molecule has 21 heavy (non-hydrogen) atoms. The van der Waals surface area contributed by atoms with Crippen LogP contribution in [0.1, 0.15) is 17.2 Å². The first-order valence-electron chi connectivity index (χ1n) is 7.02. The monoisotopic (exact) mass is 289 g/mol. The van der Waals surface area contributed by atoms with Gasteiger partial charge in [0.15, 0.2) is 0 Å². The summed E-state index contributed by atoms with van der Waals surface area (Å²) in [6.45, 7) is 0.485. The van der Waals surface area contributed by atoms with Crippen LogP contribution >= 0.6 is 0 Å². The average molecular weight is 289 g/mol. The van der Waals surface area contributed by atoms with Crippen LogP contribution in [0.25, 0.3) is 0 Å². The number of ether oxygens (including phenoxy) is 1. The Morgan fingerprint density at radius 1 is 1.19 bits per heavy atom. The molecule has 0 aliphatic carbocycles. The van der Waals surface area contributed by atoms with Crippen molar-refractivity contribution < 1.29 is 13.5 Å². The number of halogens is 2. The Hall–Kier alpha value is -1.94. The van der Waals surface area contributed by atoms with E-state index < -0.39 is 11.6 Å². The van der Waals surface area contributed by atoms with Gasteiger partial charge in [-0.2, -0.15) is 0 Å². The molecule has 1 aliphatic rings. The van der Waals surface area contributed by atoms with E-state index in [-0.39, 0.29) is 12.0 Å². The third-order valence-electron chi connectivity index (χ3n) is 3.98. The van der Waals surface area contributed by atoms with Crippen LogP contribution in [0.3, 0.4) is 0 Å². The highest BCUT2D eigenvalue weighted by molar-refractivity contribution is 5.36. The predicted octanol–water partition coefficient (Wildman–Crippen LogP) is 3.48. The third kappa shape index (κ3) is 2.76. The third-order valence-corrected chi connectivity index (χ3v) is 3.98. The molecule has 1 aliphatic heterocycles. The molecular formula is C17H17F2NO. The van der Waals surface area contributed by atoms with Gasteiger partial charge in [-0.1, -0.05) is 18.2 Å². The van der Waals surface area contributed by atoms with Gasteiger partial charge in [-0.3, -0.25) is 0 Å². The normalized spacial score (nSPS) is 18.7. The molecule has 0 bridgehead atoms. The van der Waals surface area contributed by atoms with Crippen LogP contribution in [0.4, 0.5) is 8.78 Å². The second-order valence-corrected chi connectivity index (χ2v) is 5.32. The summed E-state index contributed by atoms with van der Waals surface area (Å²) < 4.78 is 33.2. The van der Waals surface area contributed by atoms with Crippen LogP contribution in [0.15, 0.2) is 42.5 Å². The molecule has 2 aromatic carbocycles. The Bertz CT molecular complexity index is 644. The molecule has 0 spiro atoms. The highest BCUT2D eigenvalue weighted by atomic mass is 19.1. The largest absolute Gasteiger partial charge is 0.493 e. The van der Waals surface area contributed by atoms with Gasteiger partial charge < -0.3 is 10.1 Å². The Balaban J connectivity index is 1.90. The molecule has 3 rings (SSSR count). The quantitative estimate of drug-likeness (QED) is 0.934. The Labute approximate surface area is 122 Å². The van der Waals surface area contributed by atoms with Crippen molar-refractivity contribution in [2.75, 3.05) is 13.7 Å².